The zero-order valence-corrected chi connectivity index (χ0v) is 10.5. The van der Waals surface area contributed by atoms with E-state index in [1.165, 1.54) is 18.2 Å². The third kappa shape index (κ3) is 3.45. The van der Waals surface area contributed by atoms with Gasteiger partial charge in [-0.1, -0.05) is 12.1 Å². The third-order valence-corrected chi connectivity index (χ3v) is 2.76. The zero-order chi connectivity index (χ0) is 13.8. The maximum Gasteiger partial charge on any atom is 0.128 e. The Morgan fingerprint density at radius 2 is 1.84 bits per heavy atom. The van der Waals surface area contributed by atoms with Crippen molar-refractivity contribution in [3.63, 3.8) is 0 Å². The number of ether oxygens (including phenoxy) is 1. The molecule has 2 N–H and O–H groups in total. The molecule has 1 atom stereocenters. The molecule has 0 spiro atoms. The highest BCUT2D eigenvalue weighted by Gasteiger charge is 2.10. The lowest BCUT2D eigenvalue weighted by Crippen LogP contribution is -2.01. The minimum absolute atomic E-state index is 0.180. The third-order valence-electron chi connectivity index (χ3n) is 2.76. The molecule has 0 heterocycles. The molecule has 0 aliphatic carbocycles. The second kappa shape index (κ2) is 5.71. The minimum Gasteiger partial charge on any atom is -0.508 e. The van der Waals surface area contributed by atoms with Gasteiger partial charge in [-0.2, -0.15) is 0 Å². The molecule has 0 saturated carbocycles. The Labute approximate surface area is 110 Å². The van der Waals surface area contributed by atoms with Crippen molar-refractivity contribution in [2.24, 2.45) is 0 Å². The molecule has 0 aromatic heterocycles. The molecule has 0 aliphatic rings. The number of aromatic hydroxyl groups is 1. The van der Waals surface area contributed by atoms with Crippen molar-refractivity contribution < 1.29 is 19.3 Å². The van der Waals surface area contributed by atoms with Gasteiger partial charge in [0.15, 0.2) is 0 Å². The van der Waals surface area contributed by atoms with Gasteiger partial charge >= 0.3 is 0 Å². The minimum atomic E-state index is -0.726. The zero-order valence-electron chi connectivity index (χ0n) is 10.5. The highest BCUT2D eigenvalue weighted by Crippen LogP contribution is 2.26. The average Bonchev–Trinajstić information content (AvgIpc) is 2.38. The van der Waals surface area contributed by atoms with E-state index in [0.29, 0.717) is 11.3 Å². The van der Waals surface area contributed by atoms with Gasteiger partial charge < -0.3 is 14.9 Å². The molecule has 2 aromatic carbocycles. The quantitative estimate of drug-likeness (QED) is 0.889. The van der Waals surface area contributed by atoms with Gasteiger partial charge in [0, 0.05) is 11.6 Å². The van der Waals surface area contributed by atoms with E-state index in [0.717, 1.165) is 5.56 Å². The number of phenols is 1. The molecule has 4 heteroatoms. The number of hydrogen-bond donors (Lipinski definition) is 2. The number of aliphatic hydroxyl groups is 1. The molecule has 19 heavy (non-hydrogen) atoms. The van der Waals surface area contributed by atoms with Crippen molar-refractivity contribution in [1.29, 1.82) is 0 Å². The first-order valence-electron chi connectivity index (χ1n) is 5.94. The Kier molecular flexibility index (Phi) is 4.02. The molecule has 0 saturated heterocycles. The lowest BCUT2D eigenvalue weighted by atomic mass is 10.1. The Morgan fingerprint density at radius 1 is 1.16 bits per heavy atom. The van der Waals surface area contributed by atoms with Crippen LogP contribution in [0.3, 0.4) is 0 Å². The van der Waals surface area contributed by atoms with Crippen LogP contribution in [-0.2, 0) is 6.61 Å². The van der Waals surface area contributed by atoms with E-state index in [2.05, 4.69) is 0 Å². The Bertz CT molecular complexity index is 550. The summed E-state index contributed by atoms with van der Waals surface area (Å²) < 4.78 is 18.7. The monoisotopic (exact) mass is 262 g/mol. The maximum absolute atomic E-state index is 13.2. The van der Waals surface area contributed by atoms with Crippen LogP contribution in [0.1, 0.15) is 24.2 Å². The summed E-state index contributed by atoms with van der Waals surface area (Å²) >= 11 is 0. The standard InChI is InChI=1S/C15H15FO3/c1-10(17)14-7-4-12(16)8-15(14)19-9-11-2-5-13(18)6-3-11/h2-8,10,17-18H,9H2,1H3. The van der Waals surface area contributed by atoms with Crippen LogP contribution in [0.5, 0.6) is 11.5 Å². The van der Waals surface area contributed by atoms with Crippen LogP contribution in [0.2, 0.25) is 0 Å². The first-order chi connectivity index (χ1) is 9.06. The van der Waals surface area contributed by atoms with E-state index in [9.17, 15) is 14.6 Å². The summed E-state index contributed by atoms with van der Waals surface area (Å²) in [5, 5.41) is 18.8. The lowest BCUT2D eigenvalue weighted by molar-refractivity contribution is 0.190. The Balaban J connectivity index is 2.14. The van der Waals surface area contributed by atoms with E-state index >= 15 is 0 Å². The highest BCUT2D eigenvalue weighted by molar-refractivity contribution is 5.36. The molecule has 0 radical (unpaired) electrons. The number of phenolic OH excluding ortho intramolecular Hbond substituents is 1. The van der Waals surface area contributed by atoms with Crippen LogP contribution < -0.4 is 4.74 Å². The number of aliphatic hydroxyl groups excluding tert-OH is 1. The van der Waals surface area contributed by atoms with Crippen molar-refractivity contribution in [1.82, 2.24) is 0 Å². The fourth-order valence-electron chi connectivity index (χ4n) is 1.73. The molecule has 0 bridgehead atoms. The van der Waals surface area contributed by atoms with Gasteiger partial charge in [-0.15, -0.1) is 0 Å². The molecule has 0 amide bonds. The first kappa shape index (κ1) is 13.4. The van der Waals surface area contributed by atoms with Gasteiger partial charge in [-0.3, -0.25) is 0 Å². The van der Waals surface area contributed by atoms with E-state index < -0.39 is 11.9 Å². The van der Waals surface area contributed by atoms with Crippen LogP contribution >= 0.6 is 0 Å². The molecule has 2 rings (SSSR count). The van der Waals surface area contributed by atoms with Crippen molar-refractivity contribution in [3.05, 3.63) is 59.4 Å². The maximum atomic E-state index is 13.2. The van der Waals surface area contributed by atoms with E-state index in [4.69, 9.17) is 4.74 Å². The molecule has 1 unspecified atom stereocenters. The molecule has 0 fully saturated rings. The van der Waals surface area contributed by atoms with Crippen LogP contribution in [-0.4, -0.2) is 10.2 Å². The predicted molar refractivity (Wildman–Crippen MR) is 69.5 cm³/mol. The fourth-order valence-corrected chi connectivity index (χ4v) is 1.73. The average molecular weight is 262 g/mol. The second-order valence-corrected chi connectivity index (χ2v) is 4.31. The number of halogens is 1. The van der Waals surface area contributed by atoms with E-state index in [1.54, 1.807) is 31.2 Å². The number of benzene rings is 2. The number of rotatable bonds is 4. The van der Waals surface area contributed by atoms with Crippen LogP contribution in [0.4, 0.5) is 4.39 Å². The van der Waals surface area contributed by atoms with Gasteiger partial charge in [0.1, 0.15) is 23.9 Å². The van der Waals surface area contributed by atoms with Crippen molar-refractivity contribution in [3.8, 4) is 11.5 Å². The number of hydrogen-bond acceptors (Lipinski definition) is 3. The molecule has 3 nitrogen and oxygen atoms in total. The topological polar surface area (TPSA) is 49.7 Å². The largest absolute Gasteiger partial charge is 0.508 e. The smallest absolute Gasteiger partial charge is 0.128 e. The fraction of sp³-hybridized carbons (Fsp3) is 0.200. The highest BCUT2D eigenvalue weighted by atomic mass is 19.1. The predicted octanol–water partition coefficient (Wildman–Crippen LogP) is 3.16. The van der Waals surface area contributed by atoms with E-state index in [1.807, 2.05) is 0 Å². The van der Waals surface area contributed by atoms with Crippen LogP contribution in [0.25, 0.3) is 0 Å². The summed E-state index contributed by atoms with van der Waals surface area (Å²) in [6.07, 6.45) is -0.726. The molecular weight excluding hydrogens is 247 g/mol. The van der Waals surface area contributed by atoms with Crippen LogP contribution in [0.15, 0.2) is 42.5 Å². The molecular formula is C15H15FO3. The lowest BCUT2D eigenvalue weighted by Gasteiger charge is -2.13. The van der Waals surface area contributed by atoms with Crippen LogP contribution in [0, 0.1) is 5.82 Å². The van der Waals surface area contributed by atoms with E-state index in [-0.39, 0.29) is 12.4 Å². The van der Waals surface area contributed by atoms with Crippen molar-refractivity contribution in [2.75, 3.05) is 0 Å². The Hall–Kier alpha value is -2.07. The van der Waals surface area contributed by atoms with Gasteiger partial charge in [0.25, 0.3) is 0 Å². The molecule has 100 valence electrons. The van der Waals surface area contributed by atoms with Gasteiger partial charge in [-0.25, -0.2) is 4.39 Å². The Morgan fingerprint density at radius 3 is 2.47 bits per heavy atom. The molecule has 2 aromatic rings. The molecule has 0 aliphatic heterocycles. The van der Waals surface area contributed by atoms with Gasteiger partial charge in [-0.05, 0) is 36.8 Å². The summed E-state index contributed by atoms with van der Waals surface area (Å²) in [6.45, 7) is 1.84. The van der Waals surface area contributed by atoms with Gasteiger partial charge in [0.2, 0.25) is 0 Å². The van der Waals surface area contributed by atoms with Crippen molar-refractivity contribution in [2.45, 2.75) is 19.6 Å². The normalized spacial score (nSPS) is 12.2. The summed E-state index contributed by atoms with van der Waals surface area (Å²) in [7, 11) is 0. The summed E-state index contributed by atoms with van der Waals surface area (Å²) in [5.41, 5.74) is 1.39. The van der Waals surface area contributed by atoms with Crippen molar-refractivity contribution >= 4 is 0 Å². The summed E-state index contributed by atoms with van der Waals surface area (Å²) in [6, 6.07) is 10.6. The summed E-state index contributed by atoms with van der Waals surface area (Å²) in [5.74, 6) is 0.0901. The first-order valence-corrected chi connectivity index (χ1v) is 5.94. The summed E-state index contributed by atoms with van der Waals surface area (Å²) in [4.78, 5) is 0. The SMILES string of the molecule is CC(O)c1ccc(F)cc1OCc1ccc(O)cc1. The van der Waals surface area contributed by atoms with Gasteiger partial charge in [0.05, 0.1) is 6.10 Å². The second-order valence-electron chi connectivity index (χ2n) is 4.31.